The van der Waals surface area contributed by atoms with Gasteiger partial charge in [-0.05, 0) is 122 Å². The van der Waals surface area contributed by atoms with Gasteiger partial charge in [-0.25, -0.2) is 0 Å². The number of carboxylic acids is 1. The number of aliphatic hydroxyl groups is 1. The van der Waals surface area contributed by atoms with Crippen LogP contribution in [0.3, 0.4) is 0 Å². The largest absolute Gasteiger partial charge is 0.480 e. The van der Waals surface area contributed by atoms with Crippen LogP contribution in [-0.2, 0) is 28.8 Å². The molecular formula is C50H91N9O8. The van der Waals surface area contributed by atoms with Crippen molar-refractivity contribution in [3.8, 4) is 0 Å². The summed E-state index contributed by atoms with van der Waals surface area (Å²) < 4.78 is 0. The van der Waals surface area contributed by atoms with Gasteiger partial charge in [-0.1, -0.05) is 89.9 Å². The lowest BCUT2D eigenvalue weighted by molar-refractivity contribution is -0.138. The number of carbonyl (C=O) groups is 6. The van der Waals surface area contributed by atoms with Gasteiger partial charge >= 0.3 is 5.97 Å². The summed E-state index contributed by atoms with van der Waals surface area (Å²) in [5.74, 6) is -4.17. The Balaban J connectivity index is 1.42. The molecule has 4 aliphatic carbocycles. The van der Waals surface area contributed by atoms with Crippen LogP contribution in [0.5, 0.6) is 0 Å². The molecule has 0 aromatic carbocycles. The van der Waals surface area contributed by atoms with Gasteiger partial charge in [0.2, 0.25) is 29.5 Å². The SMILES string of the molecule is O=C(O)CNC(=O)C(CO)NC(=O)CNC(=O)C(CCCCNC1CCCCCC1)NC(=O)C(CCCCNC1CCCCC1)NC(=O)C(CCCCNC1CCCCC1)NC1CCCCC1. The third kappa shape index (κ3) is 24.1. The van der Waals surface area contributed by atoms with E-state index in [0.29, 0.717) is 50.2 Å². The average Bonchev–Trinajstić information content (AvgIpc) is 3.62. The third-order valence-electron chi connectivity index (χ3n) is 14.4. The molecule has 0 aromatic heterocycles. The molecule has 0 heterocycles. The molecule has 4 rings (SSSR count). The molecular weight excluding hydrogens is 855 g/mol. The minimum absolute atomic E-state index is 0.195. The number of hydrogen-bond donors (Lipinski definition) is 11. The van der Waals surface area contributed by atoms with Crippen molar-refractivity contribution < 1.29 is 39.0 Å². The number of amides is 5. The quantitative estimate of drug-likeness (QED) is 0.0341. The van der Waals surface area contributed by atoms with Crippen LogP contribution < -0.4 is 47.9 Å². The highest BCUT2D eigenvalue weighted by atomic mass is 16.4. The molecule has 67 heavy (non-hydrogen) atoms. The standard InChI is InChI=1S/C50H91N9O8/c60-36-44(48(65)55-35-46(62)63)57-45(61)34-54-47(64)41(28-14-17-31-51-37-20-6-1-2-7-21-37)58-50(67)43(30-16-19-33-53-39-24-10-4-11-25-39)59-49(66)42(56-40-26-12-5-13-27-40)29-15-18-32-52-38-22-8-3-9-23-38/h37-44,51-53,56,60H,1-36H2,(H,54,64)(H,55,65)(H,57,61)(H,58,67)(H,59,66)(H,62,63). The van der Waals surface area contributed by atoms with E-state index in [1.54, 1.807) is 0 Å². The summed E-state index contributed by atoms with van der Waals surface area (Å²) in [5.41, 5.74) is 0. The Kier molecular flexibility index (Phi) is 28.5. The molecule has 17 nitrogen and oxygen atoms in total. The highest BCUT2D eigenvalue weighted by Gasteiger charge is 2.31. The number of hydrogen-bond acceptors (Lipinski definition) is 11. The number of unbranched alkanes of at least 4 members (excludes halogenated alkanes) is 3. The fraction of sp³-hybridized carbons (Fsp3) is 0.880. The minimum atomic E-state index is -1.42. The van der Waals surface area contributed by atoms with Gasteiger partial charge in [-0.15, -0.1) is 0 Å². The van der Waals surface area contributed by atoms with Crippen LogP contribution in [0.2, 0.25) is 0 Å². The van der Waals surface area contributed by atoms with Crippen molar-refractivity contribution in [3.63, 3.8) is 0 Å². The molecule has 0 aliphatic heterocycles. The molecule has 5 amide bonds. The van der Waals surface area contributed by atoms with E-state index in [1.165, 1.54) is 96.3 Å². The maximum Gasteiger partial charge on any atom is 0.322 e. The van der Waals surface area contributed by atoms with Crippen LogP contribution in [0.4, 0.5) is 0 Å². The van der Waals surface area contributed by atoms with Crippen molar-refractivity contribution >= 4 is 35.5 Å². The summed E-state index contributed by atoms with van der Waals surface area (Å²) in [5, 5.41) is 46.6. The van der Waals surface area contributed by atoms with Gasteiger partial charge in [0.05, 0.1) is 19.2 Å². The first-order valence-electron chi connectivity index (χ1n) is 26.9. The van der Waals surface area contributed by atoms with Crippen molar-refractivity contribution in [2.75, 3.05) is 39.3 Å². The number of nitrogens with one attached hydrogen (secondary N) is 9. The molecule has 0 saturated heterocycles. The molecule has 0 spiro atoms. The van der Waals surface area contributed by atoms with Crippen molar-refractivity contribution in [1.29, 1.82) is 0 Å². The number of rotatable bonds is 32. The lowest BCUT2D eigenvalue weighted by Crippen LogP contribution is -2.57. The van der Waals surface area contributed by atoms with Crippen molar-refractivity contribution in [3.05, 3.63) is 0 Å². The van der Waals surface area contributed by atoms with E-state index in [9.17, 15) is 33.9 Å². The van der Waals surface area contributed by atoms with Crippen LogP contribution in [0, 0.1) is 0 Å². The Hall–Kier alpha value is -3.38. The van der Waals surface area contributed by atoms with Gasteiger partial charge in [0.15, 0.2) is 0 Å². The molecule has 17 heteroatoms. The fourth-order valence-electron chi connectivity index (χ4n) is 10.4. The summed E-state index contributed by atoms with van der Waals surface area (Å²) >= 11 is 0. The molecule has 0 aromatic rings. The van der Waals surface area contributed by atoms with E-state index in [-0.39, 0.29) is 11.9 Å². The summed E-state index contributed by atoms with van der Waals surface area (Å²) in [6, 6.07) is -1.93. The molecule has 4 fully saturated rings. The third-order valence-corrected chi connectivity index (χ3v) is 14.4. The molecule has 4 unspecified atom stereocenters. The predicted octanol–water partition coefficient (Wildman–Crippen LogP) is 3.71. The summed E-state index contributed by atoms with van der Waals surface area (Å²) in [6.07, 6.45) is 31.4. The van der Waals surface area contributed by atoms with Gasteiger partial charge in [-0.2, -0.15) is 0 Å². The predicted molar refractivity (Wildman–Crippen MR) is 261 cm³/mol. The number of carbonyl (C=O) groups excluding carboxylic acids is 5. The molecule has 0 radical (unpaired) electrons. The van der Waals surface area contributed by atoms with E-state index in [0.717, 1.165) is 83.8 Å². The Bertz CT molecular complexity index is 1430. The van der Waals surface area contributed by atoms with Crippen molar-refractivity contribution in [1.82, 2.24) is 47.9 Å². The lowest BCUT2D eigenvalue weighted by atomic mass is 9.94. The van der Waals surface area contributed by atoms with Crippen molar-refractivity contribution in [2.45, 2.75) is 241 Å². The average molecular weight is 946 g/mol. The second-order valence-electron chi connectivity index (χ2n) is 20.0. The summed E-state index contributed by atoms with van der Waals surface area (Å²) in [4.78, 5) is 78.8. The molecule has 4 saturated carbocycles. The highest BCUT2D eigenvalue weighted by molar-refractivity contribution is 5.95. The van der Waals surface area contributed by atoms with Gasteiger partial charge in [0.1, 0.15) is 24.7 Å². The smallest absolute Gasteiger partial charge is 0.322 e. The summed E-state index contributed by atoms with van der Waals surface area (Å²) in [7, 11) is 0. The van der Waals surface area contributed by atoms with Crippen molar-refractivity contribution in [2.24, 2.45) is 0 Å². The first-order chi connectivity index (χ1) is 32.6. The minimum Gasteiger partial charge on any atom is -0.480 e. The zero-order chi connectivity index (χ0) is 47.9. The number of aliphatic hydroxyl groups excluding tert-OH is 1. The zero-order valence-electron chi connectivity index (χ0n) is 40.9. The van der Waals surface area contributed by atoms with E-state index in [1.807, 2.05) is 0 Å². The van der Waals surface area contributed by atoms with Gasteiger partial charge < -0.3 is 58.1 Å². The van der Waals surface area contributed by atoms with Crippen LogP contribution in [0.25, 0.3) is 0 Å². The van der Waals surface area contributed by atoms with Gasteiger partial charge in [-0.3, -0.25) is 28.8 Å². The lowest BCUT2D eigenvalue weighted by Gasteiger charge is -2.30. The number of carboxylic acid groups (broad SMARTS) is 1. The Morgan fingerprint density at radius 3 is 1.19 bits per heavy atom. The summed E-state index contributed by atoms with van der Waals surface area (Å²) in [6.45, 7) is 0.519. The van der Waals surface area contributed by atoms with Crippen LogP contribution >= 0.6 is 0 Å². The maximum absolute atomic E-state index is 14.4. The van der Waals surface area contributed by atoms with Gasteiger partial charge in [0.25, 0.3) is 0 Å². The molecule has 4 atom stereocenters. The first kappa shape index (κ1) is 56.2. The van der Waals surface area contributed by atoms with Crippen LogP contribution in [-0.4, -0.2) is 133 Å². The molecule has 384 valence electrons. The second-order valence-corrected chi connectivity index (χ2v) is 20.0. The normalized spacial score (nSPS) is 19.8. The topological polar surface area (TPSA) is 251 Å². The molecule has 4 aliphatic rings. The monoisotopic (exact) mass is 946 g/mol. The molecule has 0 bridgehead atoms. The van der Waals surface area contributed by atoms with E-state index in [4.69, 9.17) is 5.11 Å². The second kappa shape index (κ2) is 34.0. The Morgan fingerprint density at radius 1 is 0.403 bits per heavy atom. The van der Waals surface area contributed by atoms with E-state index >= 15 is 0 Å². The van der Waals surface area contributed by atoms with E-state index in [2.05, 4.69) is 47.9 Å². The van der Waals surface area contributed by atoms with E-state index < -0.39 is 73.5 Å². The van der Waals surface area contributed by atoms with Gasteiger partial charge in [0, 0.05) is 24.2 Å². The molecule has 11 N–H and O–H groups in total. The number of aliphatic carboxylic acids is 1. The van der Waals surface area contributed by atoms with Crippen LogP contribution in [0.15, 0.2) is 0 Å². The Labute approximate surface area is 401 Å². The highest BCUT2D eigenvalue weighted by Crippen LogP contribution is 2.21. The van der Waals surface area contributed by atoms with Crippen LogP contribution in [0.1, 0.15) is 193 Å². The fourth-order valence-corrected chi connectivity index (χ4v) is 10.4. The first-order valence-corrected chi connectivity index (χ1v) is 26.9. The Morgan fingerprint density at radius 2 is 0.761 bits per heavy atom. The zero-order valence-corrected chi connectivity index (χ0v) is 40.9. The maximum atomic E-state index is 14.4.